The molecule has 1 saturated carbocycles. The van der Waals surface area contributed by atoms with E-state index in [9.17, 15) is 5.11 Å². The van der Waals surface area contributed by atoms with Crippen LogP contribution in [0.25, 0.3) is 0 Å². The molecule has 2 aliphatic heterocycles. The number of aryl methyl sites for hydroxylation is 1. The smallest absolute Gasteiger partial charge is 0.123 e. The molecule has 1 spiro atoms. The number of hydrogen-bond donors (Lipinski definition) is 1. The minimum atomic E-state index is -0.392. The highest BCUT2D eigenvalue weighted by Crippen LogP contribution is 2.41. The van der Waals surface area contributed by atoms with Crippen LogP contribution in [0.15, 0.2) is 18.2 Å². The Morgan fingerprint density at radius 2 is 2.08 bits per heavy atom. The second kappa shape index (κ2) is 7.16. The molecule has 0 amide bonds. The van der Waals surface area contributed by atoms with Gasteiger partial charge in [-0.05, 0) is 68.7 Å². The topological polar surface area (TPSA) is 41.9 Å². The maximum absolute atomic E-state index is 9.65. The normalized spacial score (nSPS) is 24.2. The van der Waals surface area contributed by atoms with Crippen LogP contribution in [0.4, 0.5) is 0 Å². The van der Waals surface area contributed by atoms with E-state index < -0.39 is 6.10 Å². The van der Waals surface area contributed by atoms with Gasteiger partial charge in [0, 0.05) is 19.1 Å². The number of aliphatic hydroxyl groups excluding tert-OH is 1. The van der Waals surface area contributed by atoms with Gasteiger partial charge in [-0.3, -0.25) is 0 Å². The Bertz CT molecular complexity index is 591. The van der Waals surface area contributed by atoms with Crippen molar-refractivity contribution in [1.29, 1.82) is 0 Å². The molecule has 1 aromatic rings. The highest BCUT2D eigenvalue weighted by Gasteiger charge is 2.41. The number of aliphatic hydroxyl groups is 1. The Labute approximate surface area is 151 Å². The number of fused-ring (bicyclic) bond motifs is 1. The Balaban J connectivity index is 1.37. The molecular weight excluding hydrogens is 314 g/mol. The molecule has 4 heteroatoms. The first kappa shape index (κ1) is 17.2. The Morgan fingerprint density at radius 3 is 2.76 bits per heavy atom. The zero-order valence-corrected chi connectivity index (χ0v) is 15.4. The number of hydrogen-bond acceptors (Lipinski definition) is 4. The number of nitrogens with zero attached hydrogens (tertiary/aromatic N) is 1. The van der Waals surface area contributed by atoms with E-state index in [-0.39, 0.29) is 5.60 Å². The summed E-state index contributed by atoms with van der Waals surface area (Å²) < 4.78 is 12.2. The monoisotopic (exact) mass is 345 g/mol. The summed E-state index contributed by atoms with van der Waals surface area (Å²) in [5, 5.41) is 9.65. The second-order valence-electron chi connectivity index (χ2n) is 8.05. The predicted molar refractivity (Wildman–Crippen MR) is 98.4 cm³/mol. The van der Waals surface area contributed by atoms with E-state index in [0.717, 1.165) is 43.2 Å². The third-order valence-corrected chi connectivity index (χ3v) is 6.42. The van der Waals surface area contributed by atoms with E-state index in [1.54, 1.807) is 0 Å². The first-order chi connectivity index (χ1) is 12.2. The van der Waals surface area contributed by atoms with Crippen LogP contribution in [0.3, 0.4) is 0 Å². The largest absolute Gasteiger partial charge is 0.491 e. The summed E-state index contributed by atoms with van der Waals surface area (Å²) in [6, 6.07) is 6.98. The van der Waals surface area contributed by atoms with Gasteiger partial charge in [0.2, 0.25) is 0 Å². The van der Waals surface area contributed by atoms with Crippen LogP contribution in [0, 0.1) is 0 Å². The molecule has 1 saturated heterocycles. The molecule has 0 aromatic heterocycles. The third-order valence-electron chi connectivity index (χ3n) is 6.42. The molecule has 0 unspecified atom stereocenters. The third kappa shape index (κ3) is 3.65. The van der Waals surface area contributed by atoms with Crippen LogP contribution in [0.1, 0.15) is 57.4 Å². The van der Waals surface area contributed by atoms with Crippen LogP contribution >= 0.6 is 0 Å². The van der Waals surface area contributed by atoms with Crippen LogP contribution < -0.4 is 9.47 Å². The lowest BCUT2D eigenvalue weighted by Gasteiger charge is -2.48. The molecular formula is C21H31NO3. The average molecular weight is 345 g/mol. The summed E-state index contributed by atoms with van der Waals surface area (Å²) in [7, 11) is 0. The Hall–Kier alpha value is -1.26. The number of piperidine rings is 1. The van der Waals surface area contributed by atoms with Crippen molar-refractivity contribution >= 4 is 0 Å². The molecule has 4 rings (SSSR count). The van der Waals surface area contributed by atoms with Crippen molar-refractivity contribution in [2.75, 3.05) is 19.7 Å². The average Bonchev–Trinajstić information content (AvgIpc) is 2.60. The lowest BCUT2D eigenvalue weighted by molar-refractivity contribution is -0.0337. The summed E-state index contributed by atoms with van der Waals surface area (Å²) in [5.74, 6) is 1.87. The maximum atomic E-state index is 9.65. The highest BCUT2D eigenvalue weighted by atomic mass is 16.5. The molecule has 1 atom stereocenters. The number of ether oxygens (including phenoxy) is 2. The van der Waals surface area contributed by atoms with Crippen LogP contribution in [0.5, 0.6) is 11.5 Å². The molecule has 1 aliphatic carbocycles. The summed E-state index contributed by atoms with van der Waals surface area (Å²) in [5.41, 5.74) is 1.30. The summed E-state index contributed by atoms with van der Waals surface area (Å²) in [4.78, 5) is 2.68. The van der Waals surface area contributed by atoms with Crippen molar-refractivity contribution < 1.29 is 14.6 Å². The minimum absolute atomic E-state index is 0.0496. The Kier molecular flexibility index (Phi) is 4.92. The van der Waals surface area contributed by atoms with Crippen molar-refractivity contribution in [2.45, 2.75) is 76.0 Å². The SMILES string of the molecule is CC[C@H](O)COc1ccc2c(c1)CCC1(CCN(C3CCC3)CC1)O2. The van der Waals surface area contributed by atoms with Gasteiger partial charge in [0.05, 0.1) is 6.10 Å². The first-order valence-corrected chi connectivity index (χ1v) is 10.0. The zero-order valence-electron chi connectivity index (χ0n) is 15.4. The van der Waals surface area contributed by atoms with Gasteiger partial charge in [-0.1, -0.05) is 13.3 Å². The fraction of sp³-hybridized carbons (Fsp3) is 0.714. The summed E-state index contributed by atoms with van der Waals surface area (Å²) in [6.45, 7) is 4.70. The number of likely N-dealkylation sites (tertiary alicyclic amines) is 1. The van der Waals surface area contributed by atoms with E-state index >= 15 is 0 Å². The fourth-order valence-corrected chi connectivity index (χ4v) is 4.30. The molecule has 25 heavy (non-hydrogen) atoms. The van der Waals surface area contributed by atoms with Gasteiger partial charge in [0.1, 0.15) is 23.7 Å². The minimum Gasteiger partial charge on any atom is -0.491 e. The molecule has 0 radical (unpaired) electrons. The van der Waals surface area contributed by atoms with E-state index in [4.69, 9.17) is 9.47 Å². The molecule has 0 bridgehead atoms. The molecule has 2 fully saturated rings. The van der Waals surface area contributed by atoms with Gasteiger partial charge in [-0.25, -0.2) is 0 Å². The molecule has 138 valence electrons. The van der Waals surface area contributed by atoms with Crippen molar-refractivity contribution in [3.63, 3.8) is 0 Å². The standard InChI is InChI=1S/C21H31NO3/c1-2-18(23)15-24-19-6-7-20-16(14-19)8-9-21(25-20)10-12-22(13-11-21)17-4-3-5-17/h6-7,14,17-18,23H,2-5,8-13,15H2,1H3/t18-/m0/s1. The van der Waals surface area contributed by atoms with Crippen molar-refractivity contribution in [3.05, 3.63) is 23.8 Å². The Morgan fingerprint density at radius 1 is 1.28 bits per heavy atom. The van der Waals surface area contributed by atoms with Gasteiger partial charge in [-0.2, -0.15) is 0 Å². The van der Waals surface area contributed by atoms with Gasteiger partial charge >= 0.3 is 0 Å². The lowest BCUT2D eigenvalue weighted by atomic mass is 9.81. The van der Waals surface area contributed by atoms with E-state index in [0.29, 0.717) is 13.0 Å². The van der Waals surface area contributed by atoms with Crippen molar-refractivity contribution in [1.82, 2.24) is 4.90 Å². The summed E-state index contributed by atoms with van der Waals surface area (Å²) >= 11 is 0. The van der Waals surface area contributed by atoms with Gasteiger partial charge in [0.25, 0.3) is 0 Å². The highest BCUT2D eigenvalue weighted by molar-refractivity contribution is 5.42. The number of benzene rings is 1. The fourth-order valence-electron chi connectivity index (χ4n) is 4.30. The molecule has 4 nitrogen and oxygen atoms in total. The molecule has 1 aromatic carbocycles. The molecule has 1 N–H and O–H groups in total. The molecule has 2 heterocycles. The predicted octanol–water partition coefficient (Wildman–Crippen LogP) is 3.55. The van der Waals surface area contributed by atoms with E-state index in [1.807, 2.05) is 13.0 Å². The van der Waals surface area contributed by atoms with Gasteiger partial charge < -0.3 is 19.5 Å². The van der Waals surface area contributed by atoms with Crippen LogP contribution in [0.2, 0.25) is 0 Å². The second-order valence-corrected chi connectivity index (χ2v) is 8.05. The zero-order chi connectivity index (χ0) is 17.3. The van der Waals surface area contributed by atoms with E-state index in [2.05, 4.69) is 17.0 Å². The quantitative estimate of drug-likeness (QED) is 0.886. The van der Waals surface area contributed by atoms with Crippen LogP contribution in [-0.4, -0.2) is 47.4 Å². The molecule has 3 aliphatic rings. The van der Waals surface area contributed by atoms with Gasteiger partial charge in [0.15, 0.2) is 0 Å². The first-order valence-electron chi connectivity index (χ1n) is 10.0. The summed E-state index contributed by atoms with van der Waals surface area (Å²) in [6.07, 6.45) is 9.01. The van der Waals surface area contributed by atoms with Crippen LogP contribution in [-0.2, 0) is 6.42 Å². The van der Waals surface area contributed by atoms with Crippen molar-refractivity contribution in [2.24, 2.45) is 0 Å². The number of rotatable bonds is 5. The van der Waals surface area contributed by atoms with Gasteiger partial charge in [-0.15, -0.1) is 0 Å². The lowest BCUT2D eigenvalue weighted by Crippen LogP contribution is -2.53. The van der Waals surface area contributed by atoms with Crippen molar-refractivity contribution in [3.8, 4) is 11.5 Å². The maximum Gasteiger partial charge on any atom is 0.123 e. The van der Waals surface area contributed by atoms with E-state index in [1.165, 1.54) is 37.9 Å².